The second-order valence-electron chi connectivity index (χ2n) is 9.48. The van der Waals surface area contributed by atoms with Crippen LogP contribution >= 0.6 is 0 Å². The van der Waals surface area contributed by atoms with Crippen LogP contribution in [0.3, 0.4) is 0 Å². The molecule has 0 bridgehead atoms. The third-order valence-corrected chi connectivity index (χ3v) is 6.54. The van der Waals surface area contributed by atoms with Crippen LogP contribution in [0.25, 0.3) is 0 Å². The number of amides is 1. The average Bonchev–Trinajstić information content (AvgIpc) is 2.81. The van der Waals surface area contributed by atoms with Gasteiger partial charge in [-0.25, -0.2) is 0 Å². The van der Waals surface area contributed by atoms with E-state index in [4.69, 9.17) is 4.74 Å². The van der Waals surface area contributed by atoms with Crippen LogP contribution in [0.2, 0.25) is 0 Å². The van der Waals surface area contributed by atoms with Gasteiger partial charge in [-0.3, -0.25) is 9.78 Å². The normalized spacial score (nSPS) is 11.8. The number of benzene rings is 2. The fourth-order valence-corrected chi connectivity index (χ4v) is 3.43. The maximum atomic E-state index is 12.7. The van der Waals surface area contributed by atoms with Gasteiger partial charge in [-0.1, -0.05) is 71.9 Å². The van der Waals surface area contributed by atoms with E-state index in [1.807, 2.05) is 18.2 Å². The molecule has 0 aliphatic rings. The van der Waals surface area contributed by atoms with Gasteiger partial charge in [-0.2, -0.15) is 0 Å². The van der Waals surface area contributed by atoms with Crippen LogP contribution in [0, 0.1) is 0 Å². The molecule has 0 aliphatic carbocycles. The van der Waals surface area contributed by atoms with Crippen molar-refractivity contribution < 1.29 is 9.53 Å². The number of aromatic nitrogens is 1. The van der Waals surface area contributed by atoms with Crippen molar-refractivity contribution in [3.05, 3.63) is 83.7 Å². The highest BCUT2D eigenvalue weighted by molar-refractivity contribution is 6.04. The zero-order chi connectivity index (χ0) is 23.4. The highest BCUT2D eigenvalue weighted by Crippen LogP contribution is 2.41. The summed E-state index contributed by atoms with van der Waals surface area (Å²) in [5.41, 5.74) is 3.62. The molecule has 0 aliphatic heterocycles. The Labute approximate surface area is 192 Å². The summed E-state index contributed by atoms with van der Waals surface area (Å²) in [7, 11) is 0. The van der Waals surface area contributed by atoms with E-state index in [2.05, 4.69) is 70.0 Å². The molecule has 0 fully saturated rings. The second kappa shape index (κ2) is 9.56. The van der Waals surface area contributed by atoms with Gasteiger partial charge in [-0.05, 0) is 47.4 Å². The first-order chi connectivity index (χ1) is 15.2. The molecule has 1 heterocycles. The van der Waals surface area contributed by atoms with E-state index < -0.39 is 0 Å². The first-order valence-electron chi connectivity index (χ1n) is 11.3. The number of carbonyl (C=O) groups is 1. The van der Waals surface area contributed by atoms with Crippen molar-refractivity contribution in [2.24, 2.45) is 0 Å². The van der Waals surface area contributed by atoms with Crippen LogP contribution in [0.1, 0.15) is 75.9 Å². The average molecular weight is 431 g/mol. The van der Waals surface area contributed by atoms with Crippen molar-refractivity contribution in [3.8, 4) is 11.5 Å². The number of ether oxygens (including phenoxy) is 1. The Morgan fingerprint density at radius 1 is 0.906 bits per heavy atom. The minimum absolute atomic E-state index is 0.0599. The number of pyridine rings is 1. The number of nitrogens with one attached hydrogen (secondary N) is 1. The van der Waals surface area contributed by atoms with Gasteiger partial charge in [0.25, 0.3) is 5.91 Å². The number of nitrogens with zero attached hydrogens (tertiary/aromatic N) is 1. The van der Waals surface area contributed by atoms with Crippen molar-refractivity contribution in [3.63, 3.8) is 0 Å². The lowest BCUT2D eigenvalue weighted by atomic mass is 9.76. The lowest BCUT2D eigenvalue weighted by Gasteiger charge is -2.30. The lowest BCUT2D eigenvalue weighted by Crippen LogP contribution is -2.21. The zero-order valence-corrected chi connectivity index (χ0v) is 20.0. The summed E-state index contributed by atoms with van der Waals surface area (Å²) in [6.07, 6.45) is 5.33. The quantitative estimate of drug-likeness (QED) is 0.402. The molecule has 4 heteroatoms. The molecule has 0 spiro atoms. The second-order valence-corrected chi connectivity index (χ2v) is 9.48. The van der Waals surface area contributed by atoms with Crippen molar-refractivity contribution >= 4 is 11.6 Å². The first-order valence-corrected chi connectivity index (χ1v) is 11.3. The predicted molar refractivity (Wildman–Crippen MR) is 132 cm³/mol. The molecule has 0 saturated heterocycles. The summed E-state index contributed by atoms with van der Waals surface area (Å²) in [5, 5.41) is 2.94. The minimum Gasteiger partial charge on any atom is -0.455 e. The van der Waals surface area contributed by atoms with Gasteiger partial charge in [0.2, 0.25) is 0 Å². The molecular weight excluding hydrogens is 396 g/mol. The third kappa shape index (κ3) is 5.18. The summed E-state index contributed by atoms with van der Waals surface area (Å²) >= 11 is 0. The third-order valence-electron chi connectivity index (χ3n) is 6.54. The molecule has 0 unspecified atom stereocenters. The molecule has 1 amide bonds. The SMILES string of the molecule is CCC(C)(C)c1ccc(Oc2ccncc2NC(=O)c2ccccc2)c(C(C)(C)CC)c1. The van der Waals surface area contributed by atoms with Crippen molar-refractivity contribution in [1.82, 2.24) is 4.98 Å². The van der Waals surface area contributed by atoms with Gasteiger partial charge in [-0.15, -0.1) is 0 Å². The van der Waals surface area contributed by atoms with Gasteiger partial charge in [0.1, 0.15) is 11.4 Å². The number of anilines is 1. The number of hydrogen-bond donors (Lipinski definition) is 1. The Morgan fingerprint density at radius 2 is 1.59 bits per heavy atom. The molecule has 3 rings (SSSR count). The van der Waals surface area contributed by atoms with Gasteiger partial charge >= 0.3 is 0 Å². The molecular formula is C28H34N2O2. The van der Waals surface area contributed by atoms with Crippen molar-refractivity contribution in [2.75, 3.05) is 5.32 Å². The standard InChI is InChI=1S/C28H34N2O2/c1-7-27(3,4)21-14-15-24(22(18-21)28(5,6)8-2)32-25-16-17-29-19-23(25)30-26(31)20-12-10-9-11-13-20/h9-19H,7-8H2,1-6H3,(H,30,31). The summed E-state index contributed by atoms with van der Waals surface area (Å²) in [6, 6.07) is 17.4. The Bertz CT molecular complexity index is 1070. The number of hydrogen-bond acceptors (Lipinski definition) is 3. The lowest BCUT2D eigenvalue weighted by molar-refractivity contribution is 0.102. The Kier molecular flexibility index (Phi) is 7.02. The van der Waals surface area contributed by atoms with Crippen LogP contribution in [-0.4, -0.2) is 10.9 Å². The summed E-state index contributed by atoms with van der Waals surface area (Å²) < 4.78 is 6.41. The van der Waals surface area contributed by atoms with E-state index >= 15 is 0 Å². The molecule has 1 aromatic heterocycles. The summed E-state index contributed by atoms with van der Waals surface area (Å²) in [6.45, 7) is 13.4. The van der Waals surface area contributed by atoms with Crippen LogP contribution in [-0.2, 0) is 10.8 Å². The number of rotatable bonds is 8. The molecule has 3 aromatic rings. The molecule has 168 valence electrons. The molecule has 4 nitrogen and oxygen atoms in total. The maximum Gasteiger partial charge on any atom is 0.255 e. The molecule has 2 aromatic carbocycles. The molecule has 0 radical (unpaired) electrons. The van der Waals surface area contributed by atoms with E-state index in [0.29, 0.717) is 17.0 Å². The summed E-state index contributed by atoms with van der Waals surface area (Å²) in [5.74, 6) is 1.17. The molecule has 1 N–H and O–H groups in total. The predicted octanol–water partition coefficient (Wildman–Crippen LogP) is 7.50. The van der Waals surface area contributed by atoms with E-state index in [-0.39, 0.29) is 16.7 Å². The Balaban J connectivity index is 1.98. The van der Waals surface area contributed by atoms with E-state index in [1.54, 1.807) is 30.6 Å². The largest absolute Gasteiger partial charge is 0.455 e. The van der Waals surface area contributed by atoms with Crippen LogP contribution in [0.15, 0.2) is 67.0 Å². The fourth-order valence-electron chi connectivity index (χ4n) is 3.43. The molecule has 32 heavy (non-hydrogen) atoms. The van der Waals surface area contributed by atoms with E-state index in [1.165, 1.54) is 5.56 Å². The highest BCUT2D eigenvalue weighted by Gasteiger charge is 2.27. The van der Waals surface area contributed by atoms with Crippen molar-refractivity contribution in [2.45, 2.75) is 65.2 Å². The smallest absolute Gasteiger partial charge is 0.255 e. The van der Waals surface area contributed by atoms with E-state index in [0.717, 1.165) is 24.2 Å². The van der Waals surface area contributed by atoms with E-state index in [9.17, 15) is 4.79 Å². The zero-order valence-electron chi connectivity index (χ0n) is 20.0. The van der Waals surface area contributed by atoms with Gasteiger partial charge in [0.15, 0.2) is 5.75 Å². The highest BCUT2D eigenvalue weighted by atomic mass is 16.5. The van der Waals surface area contributed by atoms with Gasteiger partial charge in [0, 0.05) is 23.4 Å². The monoisotopic (exact) mass is 430 g/mol. The minimum atomic E-state index is -0.197. The Morgan fingerprint density at radius 3 is 2.25 bits per heavy atom. The molecule has 0 atom stereocenters. The topological polar surface area (TPSA) is 51.2 Å². The fraction of sp³-hybridized carbons (Fsp3) is 0.357. The molecule has 0 saturated carbocycles. The van der Waals surface area contributed by atoms with Crippen LogP contribution < -0.4 is 10.1 Å². The van der Waals surface area contributed by atoms with Crippen molar-refractivity contribution in [1.29, 1.82) is 0 Å². The summed E-state index contributed by atoms with van der Waals surface area (Å²) in [4.78, 5) is 16.9. The number of carbonyl (C=O) groups excluding carboxylic acids is 1. The maximum absolute atomic E-state index is 12.7. The van der Waals surface area contributed by atoms with Gasteiger partial charge < -0.3 is 10.1 Å². The Hall–Kier alpha value is -3.14. The first kappa shape index (κ1) is 23.5. The van der Waals surface area contributed by atoms with Crippen LogP contribution in [0.4, 0.5) is 5.69 Å². The van der Waals surface area contributed by atoms with Crippen LogP contribution in [0.5, 0.6) is 11.5 Å². The van der Waals surface area contributed by atoms with Gasteiger partial charge in [0.05, 0.1) is 6.20 Å².